The number of aromatic amines is 4. The van der Waals surface area contributed by atoms with E-state index in [9.17, 15) is 4.39 Å². The first kappa shape index (κ1) is 74.4. The number of rotatable bonds is 28. The van der Waals surface area contributed by atoms with Crippen LogP contribution in [0, 0.1) is 38.6 Å². The fourth-order valence-corrected chi connectivity index (χ4v) is 11.4. The van der Waals surface area contributed by atoms with E-state index in [0.717, 1.165) is 75.5 Å². The lowest BCUT2D eigenvalue weighted by Gasteiger charge is -2.15. The van der Waals surface area contributed by atoms with E-state index < -0.39 is 0 Å². The van der Waals surface area contributed by atoms with Crippen LogP contribution in [0.5, 0.6) is 0 Å². The molecule has 0 saturated heterocycles. The van der Waals surface area contributed by atoms with Crippen molar-refractivity contribution in [1.82, 2.24) is 101 Å². The molecule has 30 heteroatoms. The minimum absolute atomic E-state index is 0.00778. The van der Waals surface area contributed by atoms with E-state index in [0.29, 0.717) is 132 Å². The number of hydrogen-bond acceptors (Lipinski definition) is 24. The van der Waals surface area contributed by atoms with Crippen LogP contribution in [0.4, 0.5) is 80.9 Å². The molecule has 0 amide bonds. The summed E-state index contributed by atoms with van der Waals surface area (Å²) in [6, 6.07) is 37.1. The fourth-order valence-electron chi connectivity index (χ4n) is 11.4. The minimum Gasteiger partial charge on any atom is -0.350 e. The summed E-state index contributed by atoms with van der Waals surface area (Å²) in [5, 5.41) is 55.2. The second-order valence-electron chi connectivity index (χ2n) is 27.4. The van der Waals surface area contributed by atoms with E-state index in [-0.39, 0.29) is 17.9 Å². The van der Waals surface area contributed by atoms with Crippen LogP contribution in [-0.2, 0) is 38.8 Å². The molecule has 12 N–H and O–H groups in total. The summed E-state index contributed by atoms with van der Waals surface area (Å²) in [7, 11) is 0. The summed E-state index contributed by atoms with van der Waals surface area (Å²) >= 11 is 0. The Morgan fingerprint density at radius 1 is 0.431 bits per heavy atom. The number of aryl methyl sites for hydroxylation is 6. The molecule has 2 atom stereocenters. The Balaban J connectivity index is 0.000000128. The number of nitrogens with one attached hydrogen (secondary N) is 12. The molecule has 0 aliphatic heterocycles. The van der Waals surface area contributed by atoms with Crippen LogP contribution in [0.2, 0.25) is 0 Å². The summed E-state index contributed by atoms with van der Waals surface area (Å²) in [6.07, 6.45) is 18.0. The van der Waals surface area contributed by atoms with Gasteiger partial charge in [0.25, 0.3) is 0 Å². The Hall–Kier alpha value is -12.9. The van der Waals surface area contributed by atoms with Gasteiger partial charge in [0, 0.05) is 121 Å². The van der Waals surface area contributed by atoms with Crippen molar-refractivity contribution >= 4 is 76.5 Å². The molecule has 0 radical (unpaired) electrons. The SMILES string of the molecule is C#Cc1ccc(CNc2nc(CC)nc(Nc3cc(C4CC4)[nH]n3)n2)cc1.CCc1nc(NCc2ccc(C)cc2F)nc(Nc2cc(C3CC3)[nH]n2)n1.CCc1nc(Nc2cc(C3CC3)[nH]n2)nc(NC(C)c2ccc(C)cc2)n1.[C-]#[N+]c1ccc(C(C)Nc2nc(CC)nc(Nc3cc(C4CC4)[nH]n3)n2)cc1. The molecule has 4 aromatic carbocycles. The molecular formula is C79H90FN29. The molecule has 109 heavy (non-hydrogen) atoms. The van der Waals surface area contributed by atoms with E-state index in [1.807, 2.05) is 120 Å². The number of H-pyrrole nitrogens is 4. The van der Waals surface area contributed by atoms with Crippen molar-refractivity contribution in [3.8, 4) is 12.3 Å². The van der Waals surface area contributed by atoms with E-state index in [1.54, 1.807) is 6.07 Å². The third-order valence-corrected chi connectivity index (χ3v) is 18.4. The van der Waals surface area contributed by atoms with E-state index in [2.05, 4.69) is 192 Å². The lowest BCUT2D eigenvalue weighted by Crippen LogP contribution is -2.13. The maximum absolute atomic E-state index is 14.0. The zero-order chi connectivity index (χ0) is 75.8. The van der Waals surface area contributed by atoms with Crippen molar-refractivity contribution in [1.29, 1.82) is 0 Å². The van der Waals surface area contributed by atoms with E-state index in [1.165, 1.54) is 74.3 Å². The predicted molar refractivity (Wildman–Crippen MR) is 420 cm³/mol. The molecule has 0 spiro atoms. The van der Waals surface area contributed by atoms with Crippen molar-refractivity contribution in [2.45, 2.75) is 181 Å². The van der Waals surface area contributed by atoms with Gasteiger partial charge >= 0.3 is 0 Å². The zero-order valence-corrected chi connectivity index (χ0v) is 62.4. The number of terminal acetylenes is 1. The average Bonchev–Trinajstić information content (AvgIpc) is 1.78. The Bertz CT molecular complexity index is 5100. The highest BCUT2D eigenvalue weighted by molar-refractivity contribution is 5.55. The highest BCUT2D eigenvalue weighted by Gasteiger charge is 2.29. The van der Waals surface area contributed by atoms with Gasteiger partial charge in [-0.25, -0.2) is 9.24 Å². The number of anilines is 12. The van der Waals surface area contributed by atoms with Crippen molar-refractivity contribution in [2.24, 2.45) is 0 Å². The van der Waals surface area contributed by atoms with Crippen LogP contribution < -0.4 is 42.5 Å². The van der Waals surface area contributed by atoms with Crippen LogP contribution in [0.25, 0.3) is 4.85 Å². The highest BCUT2D eigenvalue weighted by atomic mass is 19.1. The van der Waals surface area contributed by atoms with Crippen molar-refractivity contribution in [2.75, 3.05) is 42.5 Å². The Morgan fingerprint density at radius 3 is 1.12 bits per heavy atom. The molecule has 12 aromatic rings. The third-order valence-electron chi connectivity index (χ3n) is 18.4. The molecule has 4 saturated carbocycles. The number of nitrogens with zero attached hydrogens (tertiary/aromatic N) is 17. The smallest absolute Gasteiger partial charge is 0.233 e. The van der Waals surface area contributed by atoms with Gasteiger partial charge in [-0.05, 0) is 120 Å². The number of aromatic nitrogens is 20. The van der Waals surface area contributed by atoms with Gasteiger partial charge in [-0.3, -0.25) is 20.4 Å². The lowest BCUT2D eigenvalue weighted by molar-refractivity contribution is 0.611. The van der Waals surface area contributed by atoms with Gasteiger partial charge in [0.1, 0.15) is 29.1 Å². The molecule has 4 fully saturated rings. The van der Waals surface area contributed by atoms with E-state index in [4.69, 9.17) is 13.0 Å². The summed E-state index contributed by atoms with van der Waals surface area (Å²) in [5.74, 6) is 14.4. The number of hydrogen-bond donors (Lipinski definition) is 12. The van der Waals surface area contributed by atoms with Crippen LogP contribution in [0.3, 0.4) is 0 Å². The maximum Gasteiger partial charge on any atom is 0.233 e. The van der Waals surface area contributed by atoms with Gasteiger partial charge in [-0.2, -0.15) is 80.2 Å². The Kier molecular flexibility index (Phi) is 23.9. The van der Waals surface area contributed by atoms with Gasteiger partial charge in [-0.1, -0.05) is 112 Å². The molecule has 2 unspecified atom stereocenters. The molecular weight excluding hydrogens is 1370 g/mol. The van der Waals surface area contributed by atoms with Crippen LogP contribution in [0.1, 0.15) is 214 Å². The third kappa shape index (κ3) is 21.5. The molecule has 4 aliphatic rings. The monoisotopic (exact) mass is 1460 g/mol. The minimum atomic E-state index is -0.241. The van der Waals surface area contributed by atoms with Gasteiger partial charge in [0.2, 0.25) is 47.6 Å². The van der Waals surface area contributed by atoms with Crippen LogP contribution in [0.15, 0.2) is 115 Å². The summed E-state index contributed by atoms with van der Waals surface area (Å²) in [5.41, 5.74) is 12.2. The Labute approximate surface area is 632 Å². The second kappa shape index (κ2) is 35.0. The van der Waals surface area contributed by atoms with Crippen molar-refractivity contribution < 1.29 is 4.39 Å². The average molecular weight is 1460 g/mol. The molecule has 0 bridgehead atoms. The molecule has 8 heterocycles. The molecule has 29 nitrogen and oxygen atoms in total. The van der Waals surface area contributed by atoms with Crippen molar-refractivity contribution in [3.63, 3.8) is 0 Å². The Morgan fingerprint density at radius 2 is 0.771 bits per heavy atom. The first-order valence-corrected chi connectivity index (χ1v) is 37.2. The first-order chi connectivity index (χ1) is 53.1. The topological polar surface area (TPSA) is 370 Å². The normalized spacial score (nSPS) is 14.0. The highest BCUT2D eigenvalue weighted by Crippen LogP contribution is 2.42. The lowest BCUT2D eigenvalue weighted by atomic mass is 10.1. The van der Waals surface area contributed by atoms with Gasteiger partial charge in [-0.15, -0.1) is 6.42 Å². The first-order valence-electron chi connectivity index (χ1n) is 37.2. The van der Waals surface area contributed by atoms with Crippen LogP contribution >= 0.6 is 0 Å². The molecule has 16 rings (SSSR count). The summed E-state index contributed by atoms with van der Waals surface area (Å²) in [4.78, 5) is 56.9. The molecule has 558 valence electrons. The maximum atomic E-state index is 14.0. The second-order valence-corrected chi connectivity index (χ2v) is 27.4. The predicted octanol–water partition coefficient (Wildman–Crippen LogP) is 16.0. The quantitative estimate of drug-likeness (QED) is 0.0160. The van der Waals surface area contributed by atoms with E-state index >= 15 is 0 Å². The fraction of sp³-hybridized carbons (Fsp3) is 0.354. The zero-order valence-electron chi connectivity index (χ0n) is 62.4. The molecule has 4 aliphatic carbocycles. The largest absolute Gasteiger partial charge is 0.350 e. The number of halogens is 1. The summed E-state index contributed by atoms with van der Waals surface area (Å²) < 4.78 is 14.0. The van der Waals surface area contributed by atoms with Gasteiger partial charge in [0.15, 0.2) is 29.0 Å². The van der Waals surface area contributed by atoms with Crippen molar-refractivity contribution in [3.05, 3.63) is 218 Å². The number of benzene rings is 4. The van der Waals surface area contributed by atoms with Gasteiger partial charge < -0.3 is 42.5 Å². The van der Waals surface area contributed by atoms with Crippen LogP contribution in [-0.4, -0.2) is 101 Å². The van der Waals surface area contributed by atoms with Gasteiger partial charge in [0.05, 0.1) is 18.7 Å². The standard InChI is InChI=1S/C20H22N8.C20H25N7.C20H21N7.C19H22FN7/c1-4-17-23-19(22-12(2)13-7-9-15(21-3)10-8-13)26-20(24-17)25-18-11-16(27-28-18)14-5-6-14;1-4-17-22-19(21-13(3)14-7-5-12(2)6-8-14)25-20(23-17)24-18-11-16(26-27-18)15-9-10-15;1-3-13-5-7-14(8-6-13)12-21-19-22-17(4-2)23-20(25-19)24-18-11-16(26-27-18)15-9-10-15;1-3-16-22-18(21-10-13-5-4-11(2)8-14(13)20)25-19(23-16)24-17-9-15(26-27-17)12-6-7-12/h7-12,14H,4-6H2,1-2H3,(H3,22,23,24,25,26,27,28);5-8,11,13,15H,4,9-10H2,1-3H3,(H3,21,22,23,24,25,26,27);1,5-8,11,15H,4,9-10,12H2,2H3,(H3,21,22,23,24,25,26,27);4-5,8-9,12H,3,6-7,10H2,1-2H3,(H3,21,22,23,24,25,26,27). The molecule has 8 aromatic heterocycles. The summed E-state index contributed by atoms with van der Waals surface area (Å²) in [6.45, 7) is 24.1.